The maximum absolute atomic E-state index is 5.70. The molecular weight excluding hydrogens is 202 g/mol. The van der Waals surface area contributed by atoms with Crippen LogP contribution in [0.4, 0.5) is 5.69 Å². The van der Waals surface area contributed by atoms with E-state index in [1.807, 2.05) is 36.0 Å². The van der Waals surface area contributed by atoms with Crippen LogP contribution in [0.25, 0.3) is 0 Å². The monoisotopic (exact) mass is 221 g/mol. The van der Waals surface area contributed by atoms with E-state index in [4.69, 9.17) is 5.73 Å². The molecule has 0 fully saturated rings. The number of thioether (sulfide) groups is 1. The van der Waals surface area contributed by atoms with E-state index in [-0.39, 0.29) is 0 Å². The summed E-state index contributed by atoms with van der Waals surface area (Å²) in [6.07, 6.45) is 6.96. The van der Waals surface area contributed by atoms with Crippen LogP contribution in [0.15, 0.2) is 41.8 Å². The van der Waals surface area contributed by atoms with Crippen molar-refractivity contribution in [3.63, 3.8) is 0 Å². The molecule has 0 saturated carbocycles. The molecule has 0 saturated heterocycles. The number of anilines is 1. The van der Waals surface area contributed by atoms with Gasteiger partial charge in [0.25, 0.3) is 0 Å². The van der Waals surface area contributed by atoms with Crippen LogP contribution < -0.4 is 5.73 Å². The molecule has 1 aromatic rings. The Bertz CT molecular complexity index is 296. The maximum Gasteiger partial charge on any atom is 0.0325 e. The molecule has 1 nitrogen and oxygen atoms in total. The lowest BCUT2D eigenvalue weighted by atomic mass is 10.2. The highest BCUT2D eigenvalue weighted by Crippen LogP contribution is 2.21. The molecule has 0 heterocycles. The van der Waals surface area contributed by atoms with Gasteiger partial charge in [-0.1, -0.05) is 18.6 Å². The van der Waals surface area contributed by atoms with Crippen LogP contribution in [0.3, 0.4) is 0 Å². The summed E-state index contributed by atoms with van der Waals surface area (Å²) >= 11 is 1.89. The second-order valence-corrected chi connectivity index (χ2v) is 4.73. The van der Waals surface area contributed by atoms with Crippen molar-refractivity contribution in [2.45, 2.75) is 30.6 Å². The van der Waals surface area contributed by atoms with Crippen LogP contribution in [0.5, 0.6) is 0 Å². The number of unbranched alkanes of at least 4 members (excludes halogenated alkanes) is 3. The Morgan fingerprint density at radius 3 is 2.87 bits per heavy atom. The van der Waals surface area contributed by atoms with Gasteiger partial charge in [-0.25, -0.2) is 0 Å². The van der Waals surface area contributed by atoms with Crippen molar-refractivity contribution in [3.8, 4) is 0 Å². The normalized spacial score (nSPS) is 10.1. The topological polar surface area (TPSA) is 26.0 Å². The third-order valence-electron chi connectivity index (χ3n) is 2.18. The van der Waals surface area contributed by atoms with E-state index in [0.717, 1.165) is 12.1 Å². The van der Waals surface area contributed by atoms with Crippen molar-refractivity contribution in [2.24, 2.45) is 0 Å². The average Bonchev–Trinajstić information content (AvgIpc) is 2.23. The van der Waals surface area contributed by atoms with Crippen molar-refractivity contribution in [3.05, 3.63) is 36.9 Å². The first-order chi connectivity index (χ1) is 7.33. The number of hydrogen-bond acceptors (Lipinski definition) is 2. The molecule has 82 valence electrons. The third-order valence-corrected chi connectivity index (χ3v) is 3.26. The maximum atomic E-state index is 5.70. The summed E-state index contributed by atoms with van der Waals surface area (Å²) in [7, 11) is 0. The van der Waals surface area contributed by atoms with Crippen LogP contribution in [0.1, 0.15) is 25.7 Å². The summed E-state index contributed by atoms with van der Waals surface area (Å²) in [5, 5.41) is 0. The largest absolute Gasteiger partial charge is 0.399 e. The van der Waals surface area contributed by atoms with Crippen LogP contribution in [0, 0.1) is 0 Å². The Morgan fingerprint density at radius 2 is 2.13 bits per heavy atom. The first-order valence-corrected chi connectivity index (χ1v) is 6.40. The van der Waals surface area contributed by atoms with Crippen molar-refractivity contribution in [2.75, 3.05) is 11.5 Å². The number of nitrogens with two attached hydrogens (primary N) is 1. The summed E-state index contributed by atoms with van der Waals surface area (Å²) in [6.45, 7) is 3.72. The van der Waals surface area contributed by atoms with Crippen LogP contribution in [0.2, 0.25) is 0 Å². The molecule has 0 bridgehead atoms. The number of benzene rings is 1. The lowest BCUT2D eigenvalue weighted by molar-refractivity contribution is 0.735. The zero-order valence-corrected chi connectivity index (χ0v) is 9.93. The lowest BCUT2D eigenvalue weighted by Crippen LogP contribution is -1.85. The number of rotatable bonds is 7. The van der Waals surface area contributed by atoms with Crippen molar-refractivity contribution in [1.82, 2.24) is 0 Å². The highest BCUT2D eigenvalue weighted by molar-refractivity contribution is 7.99. The highest BCUT2D eigenvalue weighted by Gasteiger charge is 1.94. The van der Waals surface area contributed by atoms with E-state index in [1.54, 1.807) is 0 Å². The first-order valence-electron chi connectivity index (χ1n) is 5.42. The average molecular weight is 221 g/mol. The van der Waals surface area contributed by atoms with E-state index in [2.05, 4.69) is 12.6 Å². The van der Waals surface area contributed by atoms with Gasteiger partial charge in [0.1, 0.15) is 0 Å². The molecule has 1 aromatic carbocycles. The molecule has 0 aliphatic rings. The minimum Gasteiger partial charge on any atom is -0.399 e. The molecular formula is C13H19NS. The molecule has 2 N–H and O–H groups in total. The van der Waals surface area contributed by atoms with Gasteiger partial charge >= 0.3 is 0 Å². The Kier molecular flexibility index (Phi) is 6.02. The Morgan fingerprint density at radius 1 is 1.27 bits per heavy atom. The molecule has 1 rings (SSSR count). The SMILES string of the molecule is C=CCCCCCSc1cccc(N)c1. The van der Waals surface area contributed by atoms with Crippen molar-refractivity contribution >= 4 is 17.4 Å². The van der Waals surface area contributed by atoms with E-state index < -0.39 is 0 Å². The van der Waals surface area contributed by atoms with Gasteiger partial charge < -0.3 is 5.73 Å². The standard InChI is InChI=1S/C13H19NS/c1-2-3-4-5-6-10-15-13-9-7-8-12(14)11-13/h2,7-9,11H,1,3-6,10,14H2. The zero-order chi connectivity index (χ0) is 10.9. The van der Waals surface area contributed by atoms with E-state index in [9.17, 15) is 0 Å². The molecule has 0 atom stereocenters. The lowest BCUT2D eigenvalue weighted by Gasteiger charge is -2.02. The molecule has 0 spiro atoms. The van der Waals surface area contributed by atoms with E-state index in [1.165, 1.54) is 29.9 Å². The number of hydrogen-bond donors (Lipinski definition) is 1. The van der Waals surface area contributed by atoms with E-state index >= 15 is 0 Å². The molecule has 15 heavy (non-hydrogen) atoms. The molecule has 2 heteroatoms. The van der Waals surface area contributed by atoms with Crippen LogP contribution in [-0.2, 0) is 0 Å². The minimum atomic E-state index is 0.853. The Hall–Kier alpha value is -0.890. The fraction of sp³-hybridized carbons (Fsp3) is 0.385. The van der Waals surface area contributed by atoms with Crippen molar-refractivity contribution in [1.29, 1.82) is 0 Å². The smallest absolute Gasteiger partial charge is 0.0325 e. The quantitative estimate of drug-likeness (QED) is 0.324. The van der Waals surface area contributed by atoms with Gasteiger partial charge in [0.05, 0.1) is 0 Å². The molecule has 0 aromatic heterocycles. The minimum absolute atomic E-state index is 0.853. The molecule has 0 aliphatic heterocycles. The zero-order valence-electron chi connectivity index (χ0n) is 9.11. The van der Waals surface area contributed by atoms with Crippen molar-refractivity contribution < 1.29 is 0 Å². The highest BCUT2D eigenvalue weighted by atomic mass is 32.2. The van der Waals surface area contributed by atoms with Gasteiger partial charge in [-0.2, -0.15) is 0 Å². The van der Waals surface area contributed by atoms with Gasteiger partial charge in [0.15, 0.2) is 0 Å². The number of nitrogen functional groups attached to an aromatic ring is 1. The van der Waals surface area contributed by atoms with Gasteiger partial charge in [0.2, 0.25) is 0 Å². The fourth-order valence-electron chi connectivity index (χ4n) is 1.36. The van der Waals surface area contributed by atoms with Gasteiger partial charge in [-0.15, -0.1) is 18.3 Å². The van der Waals surface area contributed by atoms with Gasteiger partial charge in [0, 0.05) is 10.6 Å². The molecule has 0 unspecified atom stereocenters. The summed E-state index contributed by atoms with van der Waals surface area (Å²) in [6, 6.07) is 8.09. The van der Waals surface area contributed by atoms with Gasteiger partial charge in [-0.05, 0) is 43.2 Å². The first kappa shape index (κ1) is 12.2. The summed E-state index contributed by atoms with van der Waals surface area (Å²) in [5.74, 6) is 1.18. The third kappa shape index (κ3) is 5.53. The summed E-state index contributed by atoms with van der Waals surface area (Å²) in [4.78, 5) is 1.28. The predicted octanol–water partition coefficient (Wildman–Crippen LogP) is 4.11. The van der Waals surface area contributed by atoms with Gasteiger partial charge in [-0.3, -0.25) is 0 Å². The predicted molar refractivity (Wildman–Crippen MR) is 70.2 cm³/mol. The molecule has 0 amide bonds. The van der Waals surface area contributed by atoms with Crippen LogP contribution in [-0.4, -0.2) is 5.75 Å². The summed E-state index contributed by atoms with van der Waals surface area (Å²) < 4.78 is 0. The molecule has 0 aliphatic carbocycles. The second kappa shape index (κ2) is 7.41. The van der Waals surface area contributed by atoms with E-state index in [0.29, 0.717) is 0 Å². The summed E-state index contributed by atoms with van der Waals surface area (Å²) in [5.41, 5.74) is 6.56. The second-order valence-electron chi connectivity index (χ2n) is 3.56. The van der Waals surface area contributed by atoms with Crippen LogP contribution >= 0.6 is 11.8 Å². The molecule has 0 radical (unpaired) electrons. The number of allylic oxidation sites excluding steroid dienone is 1. The Balaban J connectivity index is 2.12. The fourth-order valence-corrected chi connectivity index (χ4v) is 2.34. The Labute approximate surface area is 96.8 Å².